The molecule has 156 valence electrons. The number of fused-ring (bicyclic) bond motifs is 1. The summed E-state index contributed by atoms with van der Waals surface area (Å²) in [5, 5.41) is 7.33. The van der Waals surface area contributed by atoms with Crippen molar-refractivity contribution in [1.29, 1.82) is 0 Å². The van der Waals surface area contributed by atoms with E-state index in [0.29, 0.717) is 23.7 Å². The van der Waals surface area contributed by atoms with Gasteiger partial charge in [-0.15, -0.1) is 0 Å². The summed E-state index contributed by atoms with van der Waals surface area (Å²) < 4.78 is 45.1. The fraction of sp³-hybridized carbons (Fsp3) is 0.273. The molecular weight excluding hydrogens is 395 g/mol. The van der Waals surface area contributed by atoms with Crippen molar-refractivity contribution in [3.05, 3.63) is 76.6 Å². The first-order valence-electron chi connectivity index (χ1n) is 9.58. The highest BCUT2D eigenvalue weighted by Gasteiger charge is 2.30. The maximum absolute atomic E-state index is 12.6. The Morgan fingerprint density at radius 3 is 2.33 bits per heavy atom. The van der Waals surface area contributed by atoms with Gasteiger partial charge in [-0.3, -0.25) is 9.48 Å². The molecule has 0 radical (unpaired) electrons. The number of carbonyl (C=O) groups excluding carboxylic acids is 1. The van der Waals surface area contributed by atoms with Crippen LogP contribution in [0.5, 0.6) is 11.5 Å². The molecule has 2 aromatic carbocycles. The predicted molar refractivity (Wildman–Crippen MR) is 104 cm³/mol. The molecule has 30 heavy (non-hydrogen) atoms. The number of ether oxygens (including phenoxy) is 1. The number of hydrogen-bond donors (Lipinski definition) is 1. The van der Waals surface area contributed by atoms with Crippen molar-refractivity contribution in [2.24, 2.45) is 7.05 Å². The van der Waals surface area contributed by atoms with E-state index in [1.807, 2.05) is 0 Å². The molecular formula is C22H20F3N3O2. The summed E-state index contributed by atoms with van der Waals surface area (Å²) in [7, 11) is 1.78. The number of nitrogens with one attached hydrogen (secondary N) is 1. The van der Waals surface area contributed by atoms with Crippen LogP contribution >= 0.6 is 0 Å². The smallest absolute Gasteiger partial charge is 0.416 e. The highest BCUT2D eigenvalue weighted by Crippen LogP contribution is 2.31. The van der Waals surface area contributed by atoms with Gasteiger partial charge in [0.1, 0.15) is 17.2 Å². The van der Waals surface area contributed by atoms with Crippen LogP contribution in [0.4, 0.5) is 13.2 Å². The van der Waals surface area contributed by atoms with Gasteiger partial charge in [0.25, 0.3) is 5.91 Å². The number of aromatic nitrogens is 2. The Morgan fingerprint density at radius 2 is 1.70 bits per heavy atom. The summed E-state index contributed by atoms with van der Waals surface area (Å²) in [6, 6.07) is 11.5. The van der Waals surface area contributed by atoms with E-state index < -0.39 is 11.7 Å². The number of nitrogens with zero attached hydrogens (tertiary/aromatic N) is 2. The van der Waals surface area contributed by atoms with Crippen molar-refractivity contribution in [3.8, 4) is 11.5 Å². The molecule has 0 fully saturated rings. The van der Waals surface area contributed by atoms with E-state index in [9.17, 15) is 18.0 Å². The van der Waals surface area contributed by atoms with Crippen LogP contribution in [0, 0.1) is 0 Å². The largest absolute Gasteiger partial charge is 0.457 e. The van der Waals surface area contributed by atoms with E-state index in [2.05, 4.69) is 10.4 Å². The van der Waals surface area contributed by atoms with Crippen molar-refractivity contribution in [2.75, 3.05) is 0 Å². The van der Waals surface area contributed by atoms with Crippen LogP contribution in [0.3, 0.4) is 0 Å². The van der Waals surface area contributed by atoms with Gasteiger partial charge in [0.05, 0.1) is 11.3 Å². The summed E-state index contributed by atoms with van der Waals surface area (Å²) in [6.07, 6.45) is -1.56. The number of amides is 1. The van der Waals surface area contributed by atoms with Crippen molar-refractivity contribution in [2.45, 2.75) is 32.0 Å². The zero-order valence-electron chi connectivity index (χ0n) is 16.3. The molecule has 0 saturated carbocycles. The molecule has 0 spiro atoms. The number of alkyl halides is 3. The van der Waals surface area contributed by atoms with E-state index in [4.69, 9.17) is 4.74 Å². The van der Waals surface area contributed by atoms with Gasteiger partial charge in [0.15, 0.2) is 0 Å². The first-order chi connectivity index (χ1) is 14.3. The summed E-state index contributed by atoms with van der Waals surface area (Å²) in [5.41, 5.74) is 2.81. The average Bonchev–Trinajstić information content (AvgIpc) is 3.27. The second-order valence-corrected chi connectivity index (χ2v) is 7.20. The van der Waals surface area contributed by atoms with Gasteiger partial charge in [-0.1, -0.05) is 12.1 Å². The van der Waals surface area contributed by atoms with Crippen LogP contribution < -0.4 is 10.1 Å². The third-order valence-electron chi connectivity index (χ3n) is 5.08. The number of rotatable bonds is 5. The Morgan fingerprint density at radius 1 is 1.07 bits per heavy atom. The maximum Gasteiger partial charge on any atom is 0.416 e. The fourth-order valence-electron chi connectivity index (χ4n) is 3.59. The average molecular weight is 415 g/mol. The van der Waals surface area contributed by atoms with Crippen LogP contribution in [0.1, 0.15) is 39.3 Å². The van der Waals surface area contributed by atoms with E-state index in [1.54, 1.807) is 36.0 Å². The van der Waals surface area contributed by atoms with Gasteiger partial charge in [0, 0.05) is 19.2 Å². The van der Waals surface area contributed by atoms with Crippen LogP contribution in [0.2, 0.25) is 0 Å². The van der Waals surface area contributed by atoms with E-state index in [-0.39, 0.29) is 5.91 Å². The predicted octanol–water partition coefficient (Wildman–Crippen LogP) is 4.65. The minimum Gasteiger partial charge on any atom is -0.457 e. The molecule has 3 aromatic rings. The fourth-order valence-corrected chi connectivity index (χ4v) is 3.59. The number of carbonyl (C=O) groups is 1. The zero-order chi connectivity index (χ0) is 21.3. The summed E-state index contributed by atoms with van der Waals surface area (Å²) in [6.45, 7) is 0.347. The van der Waals surface area contributed by atoms with E-state index >= 15 is 0 Å². The Labute approximate surface area is 171 Å². The Kier molecular flexibility index (Phi) is 5.24. The second-order valence-electron chi connectivity index (χ2n) is 7.20. The summed E-state index contributed by atoms with van der Waals surface area (Å²) >= 11 is 0. The lowest BCUT2D eigenvalue weighted by atomic mass is 10.1. The molecule has 1 aliphatic rings. The Balaban J connectivity index is 1.35. The van der Waals surface area contributed by atoms with E-state index in [1.165, 1.54) is 12.1 Å². The van der Waals surface area contributed by atoms with Gasteiger partial charge in [0.2, 0.25) is 0 Å². The topological polar surface area (TPSA) is 56.2 Å². The summed E-state index contributed by atoms with van der Waals surface area (Å²) in [4.78, 5) is 12.6. The molecule has 8 heteroatoms. The third kappa shape index (κ3) is 4.17. The number of halogens is 3. The van der Waals surface area contributed by atoms with Crippen LogP contribution in [-0.2, 0) is 32.6 Å². The van der Waals surface area contributed by atoms with Crippen molar-refractivity contribution < 1.29 is 22.7 Å². The molecule has 1 aliphatic carbocycles. The van der Waals surface area contributed by atoms with Crippen molar-refractivity contribution in [3.63, 3.8) is 0 Å². The molecule has 1 amide bonds. The molecule has 0 atom stereocenters. The summed E-state index contributed by atoms with van der Waals surface area (Å²) in [5.74, 6) is 0.654. The van der Waals surface area contributed by atoms with Gasteiger partial charge in [-0.25, -0.2) is 0 Å². The van der Waals surface area contributed by atoms with Crippen LogP contribution in [0.25, 0.3) is 0 Å². The third-order valence-corrected chi connectivity index (χ3v) is 5.08. The molecule has 0 saturated heterocycles. The SMILES string of the molecule is Cn1nc2c(c1C(=O)NCc1ccc(Oc3ccc(C(F)(F)F)cc3)cc1)CCC2. The monoisotopic (exact) mass is 415 g/mol. The van der Waals surface area contributed by atoms with Gasteiger partial charge in [-0.05, 0) is 61.2 Å². The van der Waals surface area contributed by atoms with Gasteiger partial charge in [-0.2, -0.15) is 18.3 Å². The number of hydrogen-bond acceptors (Lipinski definition) is 3. The van der Waals surface area contributed by atoms with Crippen molar-refractivity contribution >= 4 is 5.91 Å². The molecule has 0 bridgehead atoms. The number of aryl methyl sites for hydroxylation is 2. The van der Waals surface area contributed by atoms with Crippen LogP contribution in [-0.4, -0.2) is 15.7 Å². The quantitative estimate of drug-likeness (QED) is 0.660. The molecule has 0 aliphatic heterocycles. The Bertz CT molecular complexity index is 1050. The van der Waals surface area contributed by atoms with Gasteiger partial charge < -0.3 is 10.1 Å². The molecule has 1 heterocycles. The number of benzene rings is 2. The lowest BCUT2D eigenvalue weighted by Gasteiger charge is -2.10. The molecule has 5 nitrogen and oxygen atoms in total. The first-order valence-corrected chi connectivity index (χ1v) is 9.58. The second kappa shape index (κ2) is 7.85. The standard InChI is InChI=1S/C22H20F3N3O2/c1-28-20(18-3-2-4-19(18)27-28)21(29)26-13-14-5-9-16(10-6-14)30-17-11-7-15(8-12-17)22(23,24)25/h5-12H,2-4,13H2,1H3,(H,26,29). The lowest BCUT2D eigenvalue weighted by molar-refractivity contribution is -0.137. The van der Waals surface area contributed by atoms with Crippen molar-refractivity contribution in [1.82, 2.24) is 15.1 Å². The van der Waals surface area contributed by atoms with Gasteiger partial charge >= 0.3 is 6.18 Å². The molecule has 4 rings (SSSR count). The normalized spacial score (nSPS) is 13.2. The minimum atomic E-state index is -4.37. The molecule has 0 unspecified atom stereocenters. The highest BCUT2D eigenvalue weighted by atomic mass is 19.4. The van der Waals surface area contributed by atoms with Crippen LogP contribution in [0.15, 0.2) is 48.5 Å². The highest BCUT2D eigenvalue weighted by molar-refractivity contribution is 5.94. The minimum absolute atomic E-state index is 0.154. The lowest BCUT2D eigenvalue weighted by Crippen LogP contribution is -2.26. The Hall–Kier alpha value is -3.29. The van der Waals surface area contributed by atoms with E-state index in [0.717, 1.165) is 48.2 Å². The first kappa shape index (κ1) is 20.0. The maximum atomic E-state index is 12.6. The molecule has 1 aromatic heterocycles. The zero-order valence-corrected chi connectivity index (χ0v) is 16.3. The molecule has 1 N–H and O–H groups in total.